The molecule has 0 saturated heterocycles. The molecule has 0 fully saturated rings. The molecule has 0 saturated carbocycles. The Hall–Kier alpha value is -2.31. The second-order valence-electron chi connectivity index (χ2n) is 3.82. The monoisotopic (exact) mass is 252 g/mol. The maximum absolute atomic E-state index is 11.8. The zero-order valence-electron chi connectivity index (χ0n) is 10.0. The molecule has 1 aromatic heterocycles. The molecule has 0 aliphatic carbocycles. The highest BCUT2D eigenvalue weighted by molar-refractivity contribution is 5.94. The Balaban J connectivity index is 2.71. The number of carbonyl (C=O) groups is 1. The van der Waals surface area contributed by atoms with Crippen molar-refractivity contribution in [3.8, 4) is 0 Å². The van der Waals surface area contributed by atoms with Crippen LogP contribution in [0.4, 0.5) is 0 Å². The van der Waals surface area contributed by atoms with E-state index in [0.29, 0.717) is 6.42 Å². The topological polar surface area (TPSA) is 121 Å². The minimum atomic E-state index is -0.362. The van der Waals surface area contributed by atoms with Gasteiger partial charge in [0.05, 0.1) is 0 Å². The first-order valence-electron chi connectivity index (χ1n) is 5.52. The van der Waals surface area contributed by atoms with Crippen molar-refractivity contribution < 1.29 is 10.0 Å². The van der Waals surface area contributed by atoms with Crippen LogP contribution in [0.1, 0.15) is 30.1 Å². The van der Waals surface area contributed by atoms with Gasteiger partial charge in [-0.25, -0.2) is 0 Å². The van der Waals surface area contributed by atoms with Crippen LogP contribution in [0.15, 0.2) is 28.3 Å². The van der Waals surface area contributed by atoms with E-state index >= 15 is 0 Å². The van der Waals surface area contributed by atoms with E-state index in [0.717, 1.165) is 0 Å². The molecule has 0 aliphatic heterocycles. The Morgan fingerprint density at radius 3 is 2.94 bits per heavy atom. The number of H-pyrrole nitrogens is 1. The fraction of sp³-hybridized carbons (Fsp3) is 0.364. The molecule has 0 aromatic carbocycles. The molecule has 0 aliphatic rings. The highest BCUT2D eigenvalue weighted by Crippen LogP contribution is 2.01. The first kappa shape index (κ1) is 13.8. The lowest BCUT2D eigenvalue weighted by Gasteiger charge is -2.15. The fourth-order valence-corrected chi connectivity index (χ4v) is 1.45. The number of amides is 1. The molecule has 18 heavy (non-hydrogen) atoms. The molecule has 1 amide bonds. The summed E-state index contributed by atoms with van der Waals surface area (Å²) < 4.78 is 0. The molecule has 1 rings (SSSR count). The van der Waals surface area contributed by atoms with E-state index in [1.54, 1.807) is 0 Å². The second kappa shape index (κ2) is 6.43. The molecule has 0 spiro atoms. The van der Waals surface area contributed by atoms with E-state index in [1.165, 1.54) is 18.3 Å². The molecule has 98 valence electrons. The van der Waals surface area contributed by atoms with E-state index in [4.69, 9.17) is 10.9 Å². The Kier molecular flexibility index (Phi) is 4.91. The summed E-state index contributed by atoms with van der Waals surface area (Å²) in [6.07, 6.45) is 2.29. The third-order valence-electron chi connectivity index (χ3n) is 2.45. The molecule has 0 radical (unpaired) electrons. The standard InChI is InChI=1S/C11H16N4O3/c1-2-8(6-9(12)15-18)14-11(17)7-3-4-13-10(16)5-7/h3-5,8,18H,2,6H2,1H3,(H2,12,15)(H,13,16)(H,14,17). The van der Waals surface area contributed by atoms with Crippen molar-refractivity contribution in [2.45, 2.75) is 25.8 Å². The van der Waals surface area contributed by atoms with Gasteiger partial charge in [0, 0.05) is 30.3 Å². The number of nitrogens with two attached hydrogens (primary N) is 1. The zero-order chi connectivity index (χ0) is 13.5. The summed E-state index contributed by atoms with van der Waals surface area (Å²) in [6, 6.07) is 2.48. The molecule has 1 atom stereocenters. The first-order valence-corrected chi connectivity index (χ1v) is 5.52. The maximum Gasteiger partial charge on any atom is 0.251 e. The van der Waals surface area contributed by atoms with Gasteiger partial charge in [-0.1, -0.05) is 12.1 Å². The largest absolute Gasteiger partial charge is 0.409 e. The summed E-state index contributed by atoms with van der Waals surface area (Å²) in [7, 11) is 0. The molecule has 1 unspecified atom stereocenters. The predicted octanol–water partition coefficient (Wildman–Crippen LogP) is 0.0198. The number of aromatic amines is 1. The van der Waals surface area contributed by atoms with Crippen molar-refractivity contribution in [2.24, 2.45) is 10.9 Å². The molecular formula is C11H16N4O3. The maximum atomic E-state index is 11.8. The number of hydrogen-bond donors (Lipinski definition) is 4. The summed E-state index contributed by atoms with van der Waals surface area (Å²) >= 11 is 0. The van der Waals surface area contributed by atoms with Crippen molar-refractivity contribution in [3.63, 3.8) is 0 Å². The van der Waals surface area contributed by atoms with Crippen LogP contribution in [-0.4, -0.2) is 28.0 Å². The lowest BCUT2D eigenvalue weighted by Crippen LogP contribution is -2.37. The van der Waals surface area contributed by atoms with E-state index in [1.807, 2.05) is 6.92 Å². The third-order valence-corrected chi connectivity index (χ3v) is 2.45. The van der Waals surface area contributed by atoms with Gasteiger partial charge >= 0.3 is 0 Å². The summed E-state index contributed by atoms with van der Waals surface area (Å²) in [5.41, 5.74) is 5.32. The molecule has 1 heterocycles. The van der Waals surface area contributed by atoms with Gasteiger partial charge in [-0.15, -0.1) is 0 Å². The minimum Gasteiger partial charge on any atom is -0.409 e. The lowest BCUT2D eigenvalue weighted by atomic mass is 10.1. The average molecular weight is 252 g/mol. The minimum absolute atomic E-state index is 0.0491. The second-order valence-corrected chi connectivity index (χ2v) is 3.82. The van der Waals surface area contributed by atoms with Gasteiger partial charge in [0.1, 0.15) is 5.84 Å². The number of aromatic nitrogens is 1. The van der Waals surface area contributed by atoms with Crippen LogP contribution in [0.25, 0.3) is 0 Å². The normalized spacial score (nSPS) is 13.1. The summed E-state index contributed by atoms with van der Waals surface area (Å²) in [5, 5.41) is 14.0. The van der Waals surface area contributed by atoms with Gasteiger partial charge in [0.2, 0.25) is 5.56 Å². The van der Waals surface area contributed by atoms with Gasteiger partial charge in [-0.2, -0.15) is 0 Å². The zero-order valence-corrected chi connectivity index (χ0v) is 10.0. The van der Waals surface area contributed by atoms with Gasteiger partial charge in [-0.05, 0) is 12.5 Å². The van der Waals surface area contributed by atoms with Gasteiger partial charge in [0.15, 0.2) is 0 Å². The Morgan fingerprint density at radius 2 is 2.39 bits per heavy atom. The van der Waals surface area contributed by atoms with Crippen molar-refractivity contribution in [3.05, 3.63) is 34.2 Å². The average Bonchev–Trinajstić information content (AvgIpc) is 2.37. The van der Waals surface area contributed by atoms with E-state index in [-0.39, 0.29) is 35.3 Å². The molecule has 5 N–H and O–H groups in total. The molecule has 7 nitrogen and oxygen atoms in total. The van der Waals surface area contributed by atoms with Crippen molar-refractivity contribution in [2.75, 3.05) is 0 Å². The molecular weight excluding hydrogens is 236 g/mol. The Labute approximate surface area is 104 Å². The summed E-state index contributed by atoms with van der Waals surface area (Å²) in [6.45, 7) is 1.87. The van der Waals surface area contributed by atoms with Crippen molar-refractivity contribution in [1.82, 2.24) is 10.3 Å². The number of amidine groups is 1. The number of oxime groups is 1. The number of hydrogen-bond acceptors (Lipinski definition) is 4. The first-order chi connectivity index (χ1) is 8.56. The number of nitrogens with one attached hydrogen (secondary N) is 2. The van der Waals surface area contributed by atoms with E-state index < -0.39 is 0 Å². The summed E-state index contributed by atoms with van der Waals surface area (Å²) in [4.78, 5) is 25.3. The number of carbonyl (C=O) groups excluding carboxylic acids is 1. The van der Waals surface area contributed by atoms with Crippen LogP contribution in [0.3, 0.4) is 0 Å². The van der Waals surface area contributed by atoms with Crippen LogP contribution in [0.5, 0.6) is 0 Å². The van der Waals surface area contributed by atoms with Crippen LogP contribution in [-0.2, 0) is 0 Å². The molecule has 0 bridgehead atoms. The highest BCUT2D eigenvalue weighted by Gasteiger charge is 2.14. The van der Waals surface area contributed by atoms with E-state index in [2.05, 4.69) is 15.5 Å². The number of nitrogens with zero attached hydrogens (tertiary/aromatic N) is 1. The fourth-order valence-electron chi connectivity index (χ4n) is 1.45. The van der Waals surface area contributed by atoms with Crippen molar-refractivity contribution in [1.29, 1.82) is 0 Å². The van der Waals surface area contributed by atoms with Crippen LogP contribution >= 0.6 is 0 Å². The quantitative estimate of drug-likeness (QED) is 0.255. The van der Waals surface area contributed by atoms with Crippen molar-refractivity contribution >= 4 is 11.7 Å². The smallest absolute Gasteiger partial charge is 0.251 e. The lowest BCUT2D eigenvalue weighted by molar-refractivity contribution is 0.0936. The van der Waals surface area contributed by atoms with Crippen LogP contribution in [0.2, 0.25) is 0 Å². The third kappa shape index (κ3) is 3.93. The van der Waals surface area contributed by atoms with Crippen LogP contribution < -0.4 is 16.6 Å². The Morgan fingerprint density at radius 1 is 1.67 bits per heavy atom. The van der Waals surface area contributed by atoms with Gasteiger partial charge < -0.3 is 21.2 Å². The van der Waals surface area contributed by atoms with Gasteiger partial charge in [0.25, 0.3) is 5.91 Å². The molecule has 1 aromatic rings. The predicted molar refractivity (Wildman–Crippen MR) is 66.6 cm³/mol. The highest BCUT2D eigenvalue weighted by atomic mass is 16.4. The molecule has 7 heteroatoms. The van der Waals surface area contributed by atoms with E-state index in [9.17, 15) is 9.59 Å². The number of pyridine rings is 1. The summed E-state index contributed by atoms with van der Waals surface area (Å²) in [5.74, 6) is -0.313. The van der Waals surface area contributed by atoms with Gasteiger partial charge in [-0.3, -0.25) is 9.59 Å². The SMILES string of the molecule is CCC(C/C(N)=N/O)NC(=O)c1cc[nH]c(=O)c1. The number of rotatable bonds is 5. The van der Waals surface area contributed by atoms with Crippen LogP contribution in [0, 0.1) is 0 Å². The Bertz CT molecular complexity index is 495.